The number of hydrogen-bond donors (Lipinski definition) is 0. The summed E-state index contributed by atoms with van der Waals surface area (Å²) in [6, 6.07) is 7.01. The maximum atomic E-state index is 12.3. The normalized spacial score (nSPS) is 11.5. The predicted octanol–water partition coefficient (Wildman–Crippen LogP) is 4.30. The lowest BCUT2D eigenvalue weighted by atomic mass is 10.2. The first-order chi connectivity index (χ1) is 11.4. The third kappa shape index (κ3) is 8.28. The fraction of sp³-hybridized carbons (Fsp3) is 0.556. The van der Waals surface area contributed by atoms with Crippen LogP contribution in [0.25, 0.3) is 0 Å². The largest absolute Gasteiger partial charge is 0.534 e. The van der Waals surface area contributed by atoms with Crippen LogP contribution in [0.4, 0.5) is 9.59 Å². The summed E-state index contributed by atoms with van der Waals surface area (Å²) in [5, 5.41) is 0.834. The third-order valence-electron chi connectivity index (χ3n) is 2.66. The minimum atomic E-state index is -0.980. The van der Waals surface area contributed by atoms with Crippen molar-refractivity contribution in [3.63, 3.8) is 0 Å². The van der Waals surface area contributed by atoms with Crippen LogP contribution in [-0.2, 0) is 20.9 Å². The minimum absolute atomic E-state index is 0.0121. The smallest absolute Gasteiger partial charge is 0.497 e. The van der Waals surface area contributed by atoms with Crippen molar-refractivity contribution in [2.24, 2.45) is 0 Å². The van der Waals surface area contributed by atoms with Gasteiger partial charge in [0.2, 0.25) is 0 Å². The van der Waals surface area contributed by atoms with E-state index in [9.17, 15) is 9.59 Å². The summed E-state index contributed by atoms with van der Waals surface area (Å²) in [7, 11) is 1.56. The third-order valence-corrected chi connectivity index (χ3v) is 2.66. The van der Waals surface area contributed by atoms with Gasteiger partial charge in [-0.3, -0.25) is 4.84 Å². The minimum Gasteiger partial charge on any atom is -0.497 e. The summed E-state index contributed by atoms with van der Waals surface area (Å²) in [5.41, 5.74) is -0.737. The highest BCUT2D eigenvalue weighted by Gasteiger charge is 2.28. The van der Waals surface area contributed by atoms with Crippen LogP contribution in [0, 0.1) is 0 Å². The number of methoxy groups -OCH3 is 1. The van der Waals surface area contributed by atoms with Gasteiger partial charge in [0.15, 0.2) is 0 Å². The zero-order valence-electron chi connectivity index (χ0n) is 15.9. The van der Waals surface area contributed by atoms with Crippen molar-refractivity contribution < 1.29 is 28.6 Å². The Morgan fingerprint density at radius 1 is 0.920 bits per heavy atom. The van der Waals surface area contributed by atoms with Crippen LogP contribution >= 0.6 is 0 Å². The van der Waals surface area contributed by atoms with Gasteiger partial charge in [0, 0.05) is 0 Å². The molecule has 0 saturated carbocycles. The van der Waals surface area contributed by atoms with Crippen molar-refractivity contribution in [3.8, 4) is 5.75 Å². The van der Waals surface area contributed by atoms with E-state index in [1.54, 1.807) is 72.9 Å². The molecule has 0 unspecified atom stereocenters. The van der Waals surface area contributed by atoms with Crippen LogP contribution in [-0.4, -0.2) is 35.6 Å². The maximum Gasteiger partial charge on any atom is 0.534 e. The van der Waals surface area contributed by atoms with E-state index in [0.29, 0.717) is 5.75 Å². The number of benzene rings is 1. The molecule has 1 amide bonds. The van der Waals surface area contributed by atoms with Gasteiger partial charge >= 0.3 is 12.2 Å². The standard InChI is InChI=1S/C18H27NO6/c1-17(2,3)23-15(20)19(25-16(21)24-18(4,5)6)12-13-8-10-14(22-7)11-9-13/h8-11H,12H2,1-7H3. The molecule has 0 aliphatic carbocycles. The molecule has 0 aromatic heterocycles. The van der Waals surface area contributed by atoms with Crippen molar-refractivity contribution in [2.75, 3.05) is 7.11 Å². The molecule has 0 saturated heterocycles. The molecular weight excluding hydrogens is 326 g/mol. The van der Waals surface area contributed by atoms with E-state index < -0.39 is 23.5 Å². The molecule has 7 heteroatoms. The quantitative estimate of drug-likeness (QED) is 0.596. The second-order valence-corrected chi connectivity index (χ2v) is 7.42. The van der Waals surface area contributed by atoms with Gasteiger partial charge in [-0.1, -0.05) is 12.1 Å². The summed E-state index contributed by atoms with van der Waals surface area (Å²) in [4.78, 5) is 29.3. The molecule has 7 nitrogen and oxygen atoms in total. The van der Waals surface area contributed by atoms with E-state index in [1.165, 1.54) is 0 Å². The van der Waals surface area contributed by atoms with E-state index in [0.717, 1.165) is 10.6 Å². The molecule has 0 aliphatic rings. The Hall–Kier alpha value is -2.44. The van der Waals surface area contributed by atoms with Crippen LogP contribution in [0.3, 0.4) is 0 Å². The molecule has 0 fully saturated rings. The van der Waals surface area contributed by atoms with E-state index in [4.69, 9.17) is 19.0 Å². The highest BCUT2D eigenvalue weighted by Crippen LogP contribution is 2.17. The monoisotopic (exact) mass is 353 g/mol. The Labute approximate surface area is 148 Å². The fourth-order valence-electron chi connectivity index (χ4n) is 1.70. The molecule has 0 heterocycles. The zero-order valence-corrected chi connectivity index (χ0v) is 15.9. The molecule has 0 N–H and O–H groups in total. The number of nitrogens with zero attached hydrogens (tertiary/aromatic N) is 1. The summed E-state index contributed by atoms with van der Waals surface area (Å²) in [5.74, 6) is 0.681. The van der Waals surface area contributed by atoms with Crippen molar-refractivity contribution in [2.45, 2.75) is 59.3 Å². The number of ether oxygens (including phenoxy) is 3. The number of hydroxylamine groups is 2. The second kappa shape index (κ2) is 8.09. The maximum absolute atomic E-state index is 12.3. The topological polar surface area (TPSA) is 74.3 Å². The Morgan fingerprint density at radius 2 is 1.44 bits per heavy atom. The van der Waals surface area contributed by atoms with E-state index >= 15 is 0 Å². The molecule has 1 aromatic rings. The van der Waals surface area contributed by atoms with Crippen molar-refractivity contribution in [3.05, 3.63) is 29.8 Å². The van der Waals surface area contributed by atoms with Gasteiger partial charge in [0.25, 0.3) is 0 Å². The summed E-state index contributed by atoms with van der Waals surface area (Å²) in [6.45, 7) is 10.3. The van der Waals surface area contributed by atoms with Gasteiger partial charge in [-0.15, -0.1) is 5.06 Å². The first kappa shape index (κ1) is 20.6. The van der Waals surface area contributed by atoms with Crippen LogP contribution in [0.15, 0.2) is 24.3 Å². The Morgan fingerprint density at radius 3 is 1.88 bits per heavy atom. The lowest BCUT2D eigenvalue weighted by Gasteiger charge is -2.27. The van der Waals surface area contributed by atoms with Gasteiger partial charge in [-0.05, 0) is 59.2 Å². The van der Waals surface area contributed by atoms with Crippen molar-refractivity contribution in [1.29, 1.82) is 0 Å². The summed E-state index contributed by atoms with van der Waals surface area (Å²) in [6.07, 6.45) is -1.76. The lowest BCUT2D eigenvalue weighted by Crippen LogP contribution is -2.39. The number of hydrogen-bond acceptors (Lipinski definition) is 6. The molecule has 25 heavy (non-hydrogen) atoms. The summed E-state index contributed by atoms with van der Waals surface area (Å²) >= 11 is 0. The molecule has 0 spiro atoms. The highest BCUT2D eigenvalue weighted by atomic mass is 16.8. The molecule has 0 atom stereocenters. The number of amides is 1. The number of rotatable bonds is 3. The molecule has 1 aromatic carbocycles. The van der Waals surface area contributed by atoms with E-state index in [1.807, 2.05) is 0 Å². The van der Waals surface area contributed by atoms with Crippen molar-refractivity contribution >= 4 is 12.2 Å². The van der Waals surface area contributed by atoms with Crippen LogP contribution in [0.1, 0.15) is 47.1 Å². The second-order valence-electron chi connectivity index (χ2n) is 7.42. The van der Waals surface area contributed by atoms with Crippen LogP contribution < -0.4 is 4.74 Å². The molecule has 140 valence electrons. The summed E-state index contributed by atoms with van der Waals surface area (Å²) < 4.78 is 15.5. The van der Waals surface area contributed by atoms with E-state index in [2.05, 4.69) is 0 Å². The number of carbonyl (C=O) groups excluding carboxylic acids is 2. The highest BCUT2D eigenvalue weighted by molar-refractivity contribution is 5.70. The fourth-order valence-corrected chi connectivity index (χ4v) is 1.70. The Kier molecular flexibility index (Phi) is 6.67. The Bertz CT molecular complexity index is 583. The lowest BCUT2D eigenvalue weighted by molar-refractivity contribution is -0.140. The predicted molar refractivity (Wildman–Crippen MR) is 92.1 cm³/mol. The zero-order chi connectivity index (χ0) is 19.3. The average molecular weight is 353 g/mol. The molecule has 0 aliphatic heterocycles. The average Bonchev–Trinajstić information content (AvgIpc) is 2.43. The first-order valence-electron chi connectivity index (χ1n) is 7.94. The van der Waals surface area contributed by atoms with Gasteiger partial charge in [0.1, 0.15) is 17.0 Å². The van der Waals surface area contributed by atoms with Gasteiger partial charge in [-0.25, -0.2) is 9.59 Å². The van der Waals surface area contributed by atoms with Crippen LogP contribution in [0.5, 0.6) is 5.75 Å². The number of carbonyl (C=O) groups is 2. The molecular formula is C18H27NO6. The molecule has 0 radical (unpaired) electrons. The van der Waals surface area contributed by atoms with Gasteiger partial charge < -0.3 is 14.2 Å². The molecule has 0 bridgehead atoms. The van der Waals surface area contributed by atoms with Crippen molar-refractivity contribution in [1.82, 2.24) is 5.06 Å². The van der Waals surface area contributed by atoms with Gasteiger partial charge in [0.05, 0.1) is 13.7 Å². The Balaban J connectivity index is 2.89. The first-order valence-corrected chi connectivity index (χ1v) is 7.94. The van der Waals surface area contributed by atoms with E-state index in [-0.39, 0.29) is 6.54 Å². The van der Waals surface area contributed by atoms with Gasteiger partial charge in [-0.2, -0.15) is 0 Å². The SMILES string of the molecule is COc1ccc(CN(OC(=O)OC(C)(C)C)C(=O)OC(C)(C)C)cc1. The van der Waals surface area contributed by atoms with Crippen LogP contribution in [0.2, 0.25) is 0 Å². The molecule has 1 rings (SSSR count).